The van der Waals surface area contributed by atoms with Gasteiger partial charge in [-0.3, -0.25) is 4.79 Å². The Balaban J connectivity index is 2.14. The fourth-order valence-electron chi connectivity index (χ4n) is 4.68. The minimum absolute atomic E-state index is 0.0855. The van der Waals surface area contributed by atoms with Gasteiger partial charge >= 0.3 is 0 Å². The van der Waals surface area contributed by atoms with Crippen molar-refractivity contribution < 1.29 is 9.90 Å². The van der Waals surface area contributed by atoms with Gasteiger partial charge in [-0.1, -0.05) is 141 Å². The Kier molecular flexibility index (Phi) is 19.2. The minimum atomic E-state index is -0.697. The third kappa shape index (κ3) is 18.1. The van der Waals surface area contributed by atoms with E-state index in [9.17, 15) is 9.90 Å². The second-order valence-corrected chi connectivity index (χ2v) is 9.65. The molecule has 1 N–H and O–H groups in total. The number of Topliss-reactive ketones (excluding diaryl/α,β-unsaturated/α-hetero) is 1. The van der Waals surface area contributed by atoms with E-state index in [1.165, 1.54) is 128 Å². The Labute approximate surface area is 182 Å². The normalized spacial score (nSPS) is 25.8. The molecule has 0 spiro atoms. The van der Waals surface area contributed by atoms with Crippen LogP contribution >= 0.6 is 0 Å². The van der Waals surface area contributed by atoms with E-state index in [2.05, 4.69) is 0 Å². The van der Waals surface area contributed by atoms with Crippen LogP contribution in [0, 0.1) is 0 Å². The summed E-state index contributed by atoms with van der Waals surface area (Å²) < 4.78 is 0. The van der Waals surface area contributed by atoms with Gasteiger partial charge in [0.25, 0.3) is 0 Å². The number of rotatable bonds is 0. The topological polar surface area (TPSA) is 37.3 Å². The van der Waals surface area contributed by atoms with Crippen LogP contribution in [0.4, 0.5) is 0 Å². The second kappa shape index (κ2) is 20.9. The fraction of sp³-hybridized carbons (Fsp3) is 0.963. The molecule has 0 bridgehead atoms. The summed E-state index contributed by atoms with van der Waals surface area (Å²) in [5.74, 6) is 0.0855. The monoisotopic (exact) mass is 408 g/mol. The molecule has 172 valence electrons. The van der Waals surface area contributed by atoms with E-state index in [0.717, 1.165) is 19.3 Å². The Morgan fingerprint density at radius 3 is 0.966 bits per heavy atom. The molecule has 0 saturated heterocycles. The van der Waals surface area contributed by atoms with E-state index in [1.54, 1.807) is 0 Å². The van der Waals surface area contributed by atoms with Gasteiger partial charge in [-0.25, -0.2) is 0 Å². The fourth-order valence-corrected chi connectivity index (χ4v) is 4.68. The zero-order valence-electron chi connectivity index (χ0n) is 19.6. The molecule has 1 aliphatic carbocycles. The number of hydrogen-bond donors (Lipinski definition) is 1. The van der Waals surface area contributed by atoms with Crippen LogP contribution < -0.4 is 0 Å². The first kappa shape index (κ1) is 26.7. The molecule has 0 radical (unpaired) electrons. The van der Waals surface area contributed by atoms with Crippen molar-refractivity contribution in [2.75, 3.05) is 0 Å². The minimum Gasteiger partial charge on any atom is -0.385 e. The number of aliphatic hydroxyl groups excluding tert-OH is 1. The number of hydrogen-bond acceptors (Lipinski definition) is 2. The van der Waals surface area contributed by atoms with Crippen LogP contribution in [-0.2, 0) is 4.79 Å². The predicted octanol–water partition coefficient (Wildman–Crippen LogP) is 8.68. The number of ketones is 1. The molecule has 0 amide bonds. The third-order valence-corrected chi connectivity index (χ3v) is 6.77. The molecule has 1 saturated carbocycles. The van der Waals surface area contributed by atoms with E-state index in [0.29, 0.717) is 12.8 Å². The number of aliphatic hydroxyl groups is 1. The van der Waals surface area contributed by atoms with Crippen LogP contribution in [0.5, 0.6) is 0 Å². The van der Waals surface area contributed by atoms with Gasteiger partial charge < -0.3 is 5.11 Å². The molecule has 1 fully saturated rings. The first-order chi connectivity index (χ1) is 14.3. The molecule has 1 unspecified atom stereocenters. The molecule has 1 rings (SSSR count). The van der Waals surface area contributed by atoms with E-state index in [-0.39, 0.29) is 5.78 Å². The smallest absolute Gasteiger partial charge is 0.161 e. The standard InChI is InChI=1S/C27H52O2/c28-26-24-22-20-18-16-14-12-10-8-6-4-2-1-3-5-7-9-11-13-15-17-19-21-23-25-27(26)29/h26,28H,1-25H2. The van der Waals surface area contributed by atoms with E-state index in [4.69, 9.17) is 0 Å². The van der Waals surface area contributed by atoms with E-state index in [1.807, 2.05) is 0 Å². The lowest BCUT2D eigenvalue weighted by Gasteiger charge is -2.09. The van der Waals surface area contributed by atoms with Crippen LogP contribution in [0.25, 0.3) is 0 Å². The first-order valence-electron chi connectivity index (χ1n) is 13.5. The SMILES string of the molecule is O=C1CCCCCCCCCCCCCCCCCCCCCCCCCC1O. The lowest BCUT2D eigenvalue weighted by Crippen LogP contribution is -2.19. The molecule has 0 aromatic heterocycles. The lowest BCUT2D eigenvalue weighted by molar-refractivity contribution is -0.127. The van der Waals surface area contributed by atoms with Crippen molar-refractivity contribution in [3.8, 4) is 0 Å². The second-order valence-electron chi connectivity index (χ2n) is 9.65. The highest BCUT2D eigenvalue weighted by atomic mass is 16.3. The highest BCUT2D eigenvalue weighted by molar-refractivity contribution is 5.82. The quantitative estimate of drug-likeness (QED) is 0.435. The summed E-state index contributed by atoms with van der Waals surface area (Å²) in [5.41, 5.74) is 0. The van der Waals surface area contributed by atoms with Gasteiger partial charge in [0.1, 0.15) is 6.10 Å². The molecular weight excluding hydrogens is 356 g/mol. The maximum atomic E-state index is 12.0. The van der Waals surface area contributed by atoms with Gasteiger partial charge in [0.05, 0.1) is 0 Å². The Bertz CT molecular complexity index is 352. The number of carbonyl (C=O) groups is 1. The molecule has 2 heteroatoms. The Hall–Kier alpha value is -0.370. The molecule has 0 aliphatic heterocycles. The van der Waals surface area contributed by atoms with Crippen LogP contribution in [-0.4, -0.2) is 17.0 Å². The van der Waals surface area contributed by atoms with Crippen molar-refractivity contribution >= 4 is 5.78 Å². The van der Waals surface area contributed by atoms with Crippen LogP contribution in [0.1, 0.15) is 161 Å². The largest absolute Gasteiger partial charge is 0.385 e. The molecule has 1 atom stereocenters. The van der Waals surface area contributed by atoms with Crippen molar-refractivity contribution in [2.45, 2.75) is 167 Å². The third-order valence-electron chi connectivity index (χ3n) is 6.77. The summed E-state index contributed by atoms with van der Waals surface area (Å²) in [7, 11) is 0. The Morgan fingerprint density at radius 2 is 0.655 bits per heavy atom. The van der Waals surface area contributed by atoms with Gasteiger partial charge in [-0.2, -0.15) is 0 Å². The van der Waals surface area contributed by atoms with Crippen molar-refractivity contribution in [1.82, 2.24) is 0 Å². The molecule has 0 aromatic carbocycles. The summed E-state index contributed by atoms with van der Waals surface area (Å²) >= 11 is 0. The molecule has 0 heterocycles. The van der Waals surface area contributed by atoms with Crippen LogP contribution in [0.2, 0.25) is 0 Å². The van der Waals surface area contributed by atoms with Crippen LogP contribution in [0.15, 0.2) is 0 Å². The molecule has 2 nitrogen and oxygen atoms in total. The van der Waals surface area contributed by atoms with Crippen molar-refractivity contribution in [3.05, 3.63) is 0 Å². The first-order valence-corrected chi connectivity index (χ1v) is 13.5. The Morgan fingerprint density at radius 1 is 0.414 bits per heavy atom. The molecular formula is C27H52O2. The summed E-state index contributed by atoms with van der Waals surface area (Å²) in [6, 6.07) is 0. The summed E-state index contributed by atoms with van der Waals surface area (Å²) in [4.78, 5) is 12.0. The van der Waals surface area contributed by atoms with Crippen LogP contribution in [0.3, 0.4) is 0 Å². The maximum absolute atomic E-state index is 12.0. The predicted molar refractivity (Wildman–Crippen MR) is 126 cm³/mol. The summed E-state index contributed by atoms with van der Waals surface area (Å²) in [5, 5.41) is 10.1. The van der Waals surface area contributed by atoms with Gasteiger partial charge in [-0.15, -0.1) is 0 Å². The highest BCUT2D eigenvalue weighted by Crippen LogP contribution is 2.17. The highest BCUT2D eigenvalue weighted by Gasteiger charge is 2.13. The van der Waals surface area contributed by atoms with E-state index < -0.39 is 6.10 Å². The van der Waals surface area contributed by atoms with Gasteiger partial charge in [0.15, 0.2) is 5.78 Å². The molecule has 0 aromatic rings. The lowest BCUT2D eigenvalue weighted by atomic mass is 10.0. The summed E-state index contributed by atoms with van der Waals surface area (Å²) in [6.45, 7) is 0. The van der Waals surface area contributed by atoms with Crippen molar-refractivity contribution in [3.63, 3.8) is 0 Å². The van der Waals surface area contributed by atoms with Gasteiger partial charge in [-0.05, 0) is 12.8 Å². The zero-order valence-corrected chi connectivity index (χ0v) is 19.6. The molecule has 29 heavy (non-hydrogen) atoms. The number of carbonyl (C=O) groups excluding carboxylic acids is 1. The van der Waals surface area contributed by atoms with E-state index >= 15 is 0 Å². The maximum Gasteiger partial charge on any atom is 0.161 e. The summed E-state index contributed by atoms with van der Waals surface area (Å²) in [6.07, 6.45) is 31.3. The molecule has 1 aliphatic rings. The zero-order chi connectivity index (χ0) is 20.8. The van der Waals surface area contributed by atoms with Crippen molar-refractivity contribution in [2.24, 2.45) is 0 Å². The van der Waals surface area contributed by atoms with Gasteiger partial charge in [0.2, 0.25) is 0 Å². The van der Waals surface area contributed by atoms with Crippen molar-refractivity contribution in [1.29, 1.82) is 0 Å². The van der Waals surface area contributed by atoms with Gasteiger partial charge in [0, 0.05) is 6.42 Å². The average molecular weight is 409 g/mol. The average Bonchev–Trinajstić information content (AvgIpc) is 2.72.